The van der Waals surface area contributed by atoms with Gasteiger partial charge in [0.05, 0.1) is 6.54 Å². The molecule has 1 heterocycles. The van der Waals surface area contributed by atoms with Crippen LogP contribution >= 0.6 is 0 Å². The van der Waals surface area contributed by atoms with Gasteiger partial charge in [0.1, 0.15) is 11.6 Å². The van der Waals surface area contributed by atoms with Crippen LogP contribution in [0.25, 0.3) is 0 Å². The van der Waals surface area contributed by atoms with Gasteiger partial charge in [-0.15, -0.1) is 0 Å². The molecule has 0 aliphatic heterocycles. The lowest BCUT2D eigenvalue weighted by atomic mass is 10.3. The van der Waals surface area contributed by atoms with Crippen LogP contribution in [0.3, 0.4) is 0 Å². The first kappa shape index (κ1) is 12.3. The maximum Gasteiger partial charge on any atom is 0.144 e. The minimum atomic E-state index is 0.770. The van der Waals surface area contributed by atoms with Crippen molar-refractivity contribution in [3.63, 3.8) is 0 Å². The molecule has 1 aliphatic carbocycles. The van der Waals surface area contributed by atoms with Gasteiger partial charge in [-0.1, -0.05) is 6.92 Å². The zero-order chi connectivity index (χ0) is 12.3. The number of nitrogens with zero attached hydrogens (tertiary/aromatic N) is 3. The van der Waals surface area contributed by atoms with Crippen LogP contribution in [-0.2, 0) is 6.54 Å². The van der Waals surface area contributed by atoms with Crippen LogP contribution in [0, 0.1) is 6.92 Å². The van der Waals surface area contributed by atoms with Gasteiger partial charge in [0.2, 0.25) is 0 Å². The largest absolute Gasteiger partial charge is 0.370 e. The van der Waals surface area contributed by atoms with E-state index in [1.807, 2.05) is 13.0 Å². The average Bonchev–Trinajstić information content (AvgIpc) is 3.09. The molecule has 0 spiro atoms. The molecule has 0 atom stereocenters. The molecule has 1 aromatic rings. The van der Waals surface area contributed by atoms with Gasteiger partial charge in [0.25, 0.3) is 0 Å². The summed E-state index contributed by atoms with van der Waals surface area (Å²) in [6.07, 6.45) is 2.67. The van der Waals surface area contributed by atoms with Gasteiger partial charge >= 0.3 is 0 Å². The van der Waals surface area contributed by atoms with Crippen molar-refractivity contribution in [2.45, 2.75) is 46.2 Å². The highest BCUT2D eigenvalue weighted by molar-refractivity contribution is 5.35. The molecule has 0 unspecified atom stereocenters. The van der Waals surface area contributed by atoms with Gasteiger partial charge in [-0.05, 0) is 33.2 Å². The third-order valence-electron chi connectivity index (χ3n) is 3.07. The first-order valence-corrected chi connectivity index (χ1v) is 6.55. The van der Waals surface area contributed by atoms with E-state index in [9.17, 15) is 0 Å². The van der Waals surface area contributed by atoms with E-state index in [0.717, 1.165) is 43.0 Å². The summed E-state index contributed by atoms with van der Waals surface area (Å²) in [5.74, 6) is 1.89. The summed E-state index contributed by atoms with van der Waals surface area (Å²) in [6.45, 7) is 9.17. The molecular formula is C13H22N4. The van der Waals surface area contributed by atoms with Crippen molar-refractivity contribution in [3.05, 3.63) is 17.6 Å². The normalized spacial score (nSPS) is 15.3. The summed E-state index contributed by atoms with van der Waals surface area (Å²) in [4.78, 5) is 11.5. The van der Waals surface area contributed by atoms with E-state index in [1.165, 1.54) is 12.8 Å². The van der Waals surface area contributed by atoms with Crippen LogP contribution in [0.15, 0.2) is 6.07 Å². The predicted molar refractivity (Wildman–Crippen MR) is 70.0 cm³/mol. The summed E-state index contributed by atoms with van der Waals surface area (Å²) in [5, 5.41) is 3.26. The maximum atomic E-state index is 4.56. The van der Waals surface area contributed by atoms with E-state index in [4.69, 9.17) is 0 Å². The number of aryl methyl sites for hydroxylation is 1. The molecule has 1 aliphatic rings. The second-order valence-electron chi connectivity index (χ2n) is 4.64. The Labute approximate surface area is 103 Å². The standard InChI is InChI=1S/C13H22N4/c1-4-14-12-8-10(3)15-13(16-12)9-17(5-2)11-6-7-11/h8,11H,4-7,9H2,1-3H3,(H,14,15,16). The predicted octanol–water partition coefficient (Wildman–Crippen LogP) is 2.20. The highest BCUT2D eigenvalue weighted by Gasteiger charge is 2.28. The van der Waals surface area contributed by atoms with Crippen LogP contribution < -0.4 is 5.32 Å². The molecule has 1 N–H and O–H groups in total. The Morgan fingerprint density at radius 3 is 2.71 bits per heavy atom. The second-order valence-corrected chi connectivity index (χ2v) is 4.64. The number of aromatic nitrogens is 2. The third-order valence-corrected chi connectivity index (χ3v) is 3.07. The Hall–Kier alpha value is -1.16. The second kappa shape index (κ2) is 5.45. The van der Waals surface area contributed by atoms with E-state index in [0.29, 0.717) is 0 Å². The molecule has 2 rings (SSSR count). The molecule has 17 heavy (non-hydrogen) atoms. The van der Waals surface area contributed by atoms with Gasteiger partial charge in [-0.25, -0.2) is 9.97 Å². The van der Waals surface area contributed by atoms with Crippen LogP contribution in [0.5, 0.6) is 0 Å². The van der Waals surface area contributed by atoms with Crippen molar-refractivity contribution in [1.82, 2.24) is 14.9 Å². The Morgan fingerprint density at radius 2 is 2.12 bits per heavy atom. The highest BCUT2D eigenvalue weighted by Crippen LogP contribution is 2.27. The Bertz CT molecular complexity index is 374. The van der Waals surface area contributed by atoms with E-state index in [2.05, 4.69) is 34.0 Å². The van der Waals surface area contributed by atoms with Crippen LogP contribution in [-0.4, -0.2) is 34.0 Å². The maximum absolute atomic E-state index is 4.56. The van der Waals surface area contributed by atoms with Crippen molar-refractivity contribution in [2.24, 2.45) is 0 Å². The van der Waals surface area contributed by atoms with Gasteiger partial charge in [-0.2, -0.15) is 0 Å². The lowest BCUT2D eigenvalue weighted by Gasteiger charge is -2.19. The number of anilines is 1. The fourth-order valence-electron chi connectivity index (χ4n) is 2.09. The van der Waals surface area contributed by atoms with Gasteiger partial charge in [-0.3, -0.25) is 4.90 Å². The molecule has 1 fully saturated rings. The minimum absolute atomic E-state index is 0.770. The quantitative estimate of drug-likeness (QED) is 0.819. The van der Waals surface area contributed by atoms with E-state index < -0.39 is 0 Å². The monoisotopic (exact) mass is 234 g/mol. The van der Waals surface area contributed by atoms with Crippen molar-refractivity contribution in [2.75, 3.05) is 18.4 Å². The summed E-state index contributed by atoms with van der Waals surface area (Å²) in [6, 6.07) is 2.77. The van der Waals surface area contributed by atoms with E-state index in [-0.39, 0.29) is 0 Å². The molecule has 0 aromatic carbocycles. The summed E-state index contributed by atoms with van der Waals surface area (Å²) in [7, 11) is 0. The Morgan fingerprint density at radius 1 is 1.35 bits per heavy atom. The van der Waals surface area contributed by atoms with Crippen molar-refractivity contribution in [3.8, 4) is 0 Å². The molecule has 4 heteroatoms. The molecule has 1 aromatic heterocycles. The molecule has 1 saturated carbocycles. The van der Waals surface area contributed by atoms with Crippen LogP contribution in [0.1, 0.15) is 38.2 Å². The van der Waals surface area contributed by atoms with Gasteiger partial charge in [0, 0.05) is 24.3 Å². The van der Waals surface area contributed by atoms with Gasteiger partial charge < -0.3 is 5.32 Å². The first-order chi connectivity index (χ1) is 8.22. The smallest absolute Gasteiger partial charge is 0.144 e. The van der Waals surface area contributed by atoms with Crippen molar-refractivity contribution < 1.29 is 0 Å². The van der Waals surface area contributed by atoms with E-state index >= 15 is 0 Å². The number of nitrogens with one attached hydrogen (secondary N) is 1. The number of hydrogen-bond donors (Lipinski definition) is 1. The zero-order valence-corrected chi connectivity index (χ0v) is 11.0. The Kier molecular flexibility index (Phi) is 3.94. The average molecular weight is 234 g/mol. The fourth-order valence-corrected chi connectivity index (χ4v) is 2.09. The van der Waals surface area contributed by atoms with Crippen molar-refractivity contribution >= 4 is 5.82 Å². The molecule has 0 amide bonds. The third kappa shape index (κ3) is 3.40. The SMILES string of the molecule is CCNc1cc(C)nc(CN(CC)C2CC2)n1. The topological polar surface area (TPSA) is 41.1 Å². The summed E-state index contributed by atoms with van der Waals surface area (Å²) in [5.41, 5.74) is 1.04. The van der Waals surface area contributed by atoms with E-state index in [1.54, 1.807) is 0 Å². The number of hydrogen-bond acceptors (Lipinski definition) is 4. The summed E-state index contributed by atoms with van der Waals surface area (Å²) >= 11 is 0. The molecule has 4 nitrogen and oxygen atoms in total. The molecular weight excluding hydrogens is 212 g/mol. The molecule has 94 valence electrons. The van der Waals surface area contributed by atoms with Crippen LogP contribution in [0.4, 0.5) is 5.82 Å². The van der Waals surface area contributed by atoms with Crippen molar-refractivity contribution in [1.29, 1.82) is 0 Å². The number of rotatable bonds is 6. The lowest BCUT2D eigenvalue weighted by Crippen LogP contribution is -2.26. The highest BCUT2D eigenvalue weighted by atomic mass is 15.2. The zero-order valence-electron chi connectivity index (χ0n) is 11.0. The lowest BCUT2D eigenvalue weighted by molar-refractivity contribution is 0.262. The van der Waals surface area contributed by atoms with Crippen LogP contribution in [0.2, 0.25) is 0 Å². The Balaban J connectivity index is 2.08. The molecule has 0 bridgehead atoms. The minimum Gasteiger partial charge on any atom is -0.370 e. The summed E-state index contributed by atoms with van der Waals surface area (Å²) < 4.78 is 0. The van der Waals surface area contributed by atoms with Gasteiger partial charge in [0.15, 0.2) is 0 Å². The molecule has 0 radical (unpaired) electrons. The first-order valence-electron chi connectivity index (χ1n) is 6.55. The molecule has 0 saturated heterocycles. The fraction of sp³-hybridized carbons (Fsp3) is 0.692.